The largest absolute Gasteiger partial charge is 0.485 e. The number of hydrogen-bond acceptors (Lipinski definition) is 6. The molecule has 0 aliphatic carbocycles. The lowest BCUT2D eigenvalue weighted by molar-refractivity contribution is 0.267. The molecule has 2 heterocycles. The van der Waals surface area contributed by atoms with Gasteiger partial charge in [-0.05, 0) is 29.0 Å². The molecule has 0 saturated carbocycles. The number of tetrazole rings is 1. The number of benzene rings is 1. The van der Waals surface area contributed by atoms with Gasteiger partial charge in [-0.1, -0.05) is 18.2 Å². The Morgan fingerprint density at radius 1 is 1.43 bits per heavy atom. The predicted octanol–water partition coefficient (Wildman–Crippen LogP) is 0.841. The molecule has 108 valence electrons. The van der Waals surface area contributed by atoms with Crippen LogP contribution in [0, 0.1) is 6.92 Å². The Balaban J connectivity index is 1.84. The second-order valence-electron chi connectivity index (χ2n) is 4.38. The van der Waals surface area contributed by atoms with Crippen LogP contribution in [0.4, 0.5) is 0 Å². The third kappa shape index (κ3) is 2.42. The van der Waals surface area contributed by atoms with Crippen LogP contribution < -0.4 is 10.4 Å². The van der Waals surface area contributed by atoms with E-state index in [0.29, 0.717) is 17.6 Å². The number of ether oxygens (including phenoxy) is 1. The summed E-state index contributed by atoms with van der Waals surface area (Å²) in [7, 11) is 1.49. The molecule has 3 rings (SSSR count). The molecule has 0 radical (unpaired) electrons. The van der Waals surface area contributed by atoms with Crippen LogP contribution in [0.25, 0.3) is 5.82 Å². The molecule has 0 saturated heterocycles. The summed E-state index contributed by atoms with van der Waals surface area (Å²) in [5.74, 6) is 1.23. The van der Waals surface area contributed by atoms with Gasteiger partial charge in [-0.2, -0.15) is 9.67 Å². The van der Waals surface area contributed by atoms with Gasteiger partial charge in [-0.15, -0.1) is 4.68 Å². The van der Waals surface area contributed by atoms with Gasteiger partial charge in [0.25, 0.3) is 0 Å². The van der Waals surface area contributed by atoms with Gasteiger partial charge in [0.2, 0.25) is 5.82 Å². The number of oxazole rings is 1. The summed E-state index contributed by atoms with van der Waals surface area (Å²) in [6.45, 7) is 1.93. The Bertz CT molecular complexity index is 867. The van der Waals surface area contributed by atoms with Crippen molar-refractivity contribution in [1.82, 2.24) is 24.8 Å². The summed E-state index contributed by atoms with van der Waals surface area (Å²) >= 11 is 0. The summed E-state index contributed by atoms with van der Waals surface area (Å²) < 4.78 is 20.6. The first-order valence-corrected chi connectivity index (χ1v) is 6.18. The zero-order valence-corrected chi connectivity index (χ0v) is 11.5. The van der Waals surface area contributed by atoms with Crippen LogP contribution in [0.15, 0.2) is 39.8 Å². The van der Waals surface area contributed by atoms with Crippen molar-refractivity contribution in [2.75, 3.05) is 0 Å². The van der Waals surface area contributed by atoms with Gasteiger partial charge in [-0.25, -0.2) is 4.79 Å². The van der Waals surface area contributed by atoms with Crippen LogP contribution in [0.3, 0.4) is 0 Å². The summed E-state index contributed by atoms with van der Waals surface area (Å²) in [6.07, 6.45) is 1.22. The van der Waals surface area contributed by atoms with Crippen molar-refractivity contribution >= 4 is 0 Å². The highest BCUT2D eigenvalue weighted by Crippen LogP contribution is 2.19. The fraction of sp³-hybridized carbons (Fsp3) is 0.231. The van der Waals surface area contributed by atoms with E-state index in [1.807, 2.05) is 6.92 Å². The Labute approximate surface area is 121 Å². The molecule has 8 nitrogen and oxygen atoms in total. The molecule has 0 spiro atoms. The van der Waals surface area contributed by atoms with Crippen LogP contribution >= 0.6 is 0 Å². The van der Waals surface area contributed by atoms with Crippen LogP contribution in [0.5, 0.6) is 5.75 Å². The average molecular weight is 289 g/mol. The molecule has 2 aromatic heterocycles. The van der Waals surface area contributed by atoms with Crippen LogP contribution in [0.1, 0.15) is 12.7 Å². The maximum absolute atomic E-state index is 11.8. The molecule has 0 bridgehead atoms. The minimum atomic E-state index is -0.426. The Morgan fingerprint density at radius 2 is 2.29 bits per heavy atom. The van der Waals surface area contributed by atoms with Gasteiger partial charge in [0, 0.05) is 7.05 Å². The number of nitrogens with zero attached hydrogens (tertiary/aromatic N) is 5. The third-order valence-electron chi connectivity index (χ3n) is 2.92. The Morgan fingerprint density at radius 3 is 3.00 bits per heavy atom. The zero-order valence-electron chi connectivity index (χ0n) is 12.5. The topological polar surface area (TPSA) is 88.0 Å². The standard InChI is InChI=1S/C13H13N5O3/c1-9-5-3-4-6-10(9)20-7-11-12(14-8-21-11)18-13(19)17(2)15-16-18/h3-6,8H,7H2,1-2H3/i3T. The number of para-hydroxylation sites is 1. The van der Waals surface area contributed by atoms with Crippen molar-refractivity contribution in [2.24, 2.45) is 7.05 Å². The molecule has 0 amide bonds. The lowest BCUT2D eigenvalue weighted by Crippen LogP contribution is -2.23. The van der Waals surface area contributed by atoms with E-state index in [0.717, 1.165) is 14.9 Å². The third-order valence-corrected chi connectivity index (χ3v) is 2.92. The van der Waals surface area contributed by atoms with Crippen LogP contribution in [-0.2, 0) is 13.7 Å². The molecule has 0 fully saturated rings. The molecule has 0 aliphatic heterocycles. The second-order valence-corrected chi connectivity index (χ2v) is 4.38. The van der Waals surface area contributed by atoms with E-state index in [2.05, 4.69) is 15.4 Å². The molecule has 8 heteroatoms. The summed E-state index contributed by atoms with van der Waals surface area (Å²) in [4.78, 5) is 15.8. The molecular formula is C13H13N5O3. The normalized spacial score (nSPS) is 11.4. The van der Waals surface area contributed by atoms with E-state index in [9.17, 15) is 4.79 Å². The minimum absolute atomic E-state index is 0.0799. The molecule has 0 atom stereocenters. The van der Waals surface area contributed by atoms with Crippen molar-refractivity contribution in [3.8, 4) is 11.6 Å². The minimum Gasteiger partial charge on any atom is -0.485 e. The molecule has 1 aromatic carbocycles. The summed E-state index contributed by atoms with van der Waals surface area (Å²) in [5.41, 5.74) is 0.412. The average Bonchev–Trinajstić information content (AvgIpc) is 3.06. The summed E-state index contributed by atoms with van der Waals surface area (Å²) in [5, 5.41) is 7.35. The Hall–Kier alpha value is -2.90. The van der Waals surface area contributed by atoms with Crippen molar-refractivity contribution in [1.29, 1.82) is 0 Å². The fourth-order valence-corrected chi connectivity index (χ4v) is 1.79. The maximum Gasteiger partial charge on any atom is 0.369 e. The van der Waals surface area contributed by atoms with E-state index >= 15 is 0 Å². The molecule has 0 unspecified atom stereocenters. The van der Waals surface area contributed by atoms with Crippen molar-refractivity contribution < 1.29 is 10.5 Å². The van der Waals surface area contributed by atoms with Gasteiger partial charge in [0.1, 0.15) is 12.4 Å². The smallest absolute Gasteiger partial charge is 0.369 e. The number of aromatic nitrogens is 5. The van der Waals surface area contributed by atoms with E-state index in [-0.39, 0.29) is 12.4 Å². The SMILES string of the molecule is [3H]c1ccc(OCc2ocnc2-n2nnn(C)c2=O)c(C)c1. The van der Waals surface area contributed by atoms with Gasteiger partial charge in [0.15, 0.2) is 12.2 Å². The lowest BCUT2D eigenvalue weighted by atomic mass is 10.2. The van der Waals surface area contributed by atoms with Gasteiger partial charge < -0.3 is 9.15 Å². The maximum atomic E-state index is 11.8. The zero-order chi connectivity index (χ0) is 15.7. The van der Waals surface area contributed by atoms with Crippen molar-refractivity contribution in [2.45, 2.75) is 13.5 Å². The number of hydrogen-bond donors (Lipinski definition) is 0. The molecule has 3 aromatic rings. The highest BCUT2D eigenvalue weighted by atomic mass is 16.5. The van der Waals surface area contributed by atoms with Gasteiger partial charge in [-0.3, -0.25) is 0 Å². The highest BCUT2D eigenvalue weighted by molar-refractivity contribution is 5.32. The first kappa shape index (κ1) is 11.9. The van der Waals surface area contributed by atoms with Crippen molar-refractivity contribution in [3.63, 3.8) is 0 Å². The first-order valence-electron chi connectivity index (χ1n) is 6.68. The predicted molar refractivity (Wildman–Crippen MR) is 72.2 cm³/mol. The van der Waals surface area contributed by atoms with Gasteiger partial charge >= 0.3 is 5.69 Å². The molecule has 0 N–H and O–H groups in total. The monoisotopic (exact) mass is 289 g/mol. The second kappa shape index (κ2) is 5.23. The summed E-state index contributed by atoms with van der Waals surface area (Å²) in [6, 6.07) is 5.46. The molecule has 21 heavy (non-hydrogen) atoms. The number of rotatable bonds is 4. The van der Waals surface area contributed by atoms with E-state index in [1.54, 1.807) is 18.2 Å². The van der Waals surface area contributed by atoms with E-state index < -0.39 is 5.69 Å². The highest BCUT2D eigenvalue weighted by Gasteiger charge is 2.16. The van der Waals surface area contributed by atoms with E-state index in [1.165, 1.54) is 13.4 Å². The number of aryl methyl sites for hydroxylation is 2. The van der Waals surface area contributed by atoms with Crippen molar-refractivity contribution in [3.05, 3.63) is 52.4 Å². The van der Waals surface area contributed by atoms with Crippen LogP contribution in [0.2, 0.25) is 0 Å². The van der Waals surface area contributed by atoms with Crippen LogP contribution in [-0.4, -0.2) is 24.8 Å². The lowest BCUT2D eigenvalue weighted by Gasteiger charge is -2.07. The van der Waals surface area contributed by atoms with Gasteiger partial charge in [0.05, 0.1) is 1.37 Å². The molecular weight excluding hydrogens is 274 g/mol. The van der Waals surface area contributed by atoms with E-state index in [4.69, 9.17) is 10.5 Å². The Kier molecular flexibility index (Phi) is 2.96. The first-order chi connectivity index (χ1) is 10.6. The molecule has 0 aliphatic rings. The fourth-order valence-electron chi connectivity index (χ4n) is 1.79. The quantitative estimate of drug-likeness (QED) is 0.707.